The lowest BCUT2D eigenvalue weighted by molar-refractivity contribution is 0.267. The maximum Gasteiger partial charge on any atom is 0.143 e. The Labute approximate surface area is 106 Å². The van der Waals surface area contributed by atoms with E-state index in [0.717, 1.165) is 0 Å². The van der Waals surface area contributed by atoms with Crippen molar-refractivity contribution >= 4 is 23.0 Å². The smallest absolute Gasteiger partial charge is 0.143 e. The second-order valence-corrected chi connectivity index (χ2v) is 4.77. The molecule has 96 valence electrons. The molecule has 0 aliphatic carbocycles. The minimum atomic E-state index is -0.530. The van der Waals surface area contributed by atoms with E-state index in [0.29, 0.717) is 23.7 Å². The number of benzene rings is 1. The van der Waals surface area contributed by atoms with E-state index in [-0.39, 0.29) is 17.7 Å². The molecule has 3 nitrogen and oxygen atoms in total. The van der Waals surface area contributed by atoms with Crippen LogP contribution in [0.1, 0.15) is 20.3 Å². The molecule has 0 aliphatic rings. The van der Waals surface area contributed by atoms with Gasteiger partial charge in [-0.3, -0.25) is 0 Å². The molecule has 1 atom stereocenters. The van der Waals surface area contributed by atoms with Crippen molar-refractivity contribution in [2.24, 2.45) is 5.92 Å². The van der Waals surface area contributed by atoms with Gasteiger partial charge < -0.3 is 16.2 Å². The first-order valence-electron chi connectivity index (χ1n) is 5.57. The van der Waals surface area contributed by atoms with E-state index in [2.05, 4.69) is 5.32 Å². The Bertz CT molecular complexity index is 385. The van der Waals surface area contributed by atoms with Gasteiger partial charge in [0, 0.05) is 18.7 Å². The largest absolute Gasteiger partial charge is 0.397 e. The molecule has 1 aromatic rings. The van der Waals surface area contributed by atoms with Gasteiger partial charge in [-0.1, -0.05) is 25.4 Å². The molecular formula is C12H18ClFN2O. The Kier molecular flexibility index (Phi) is 5.02. The number of rotatable bonds is 5. The highest BCUT2D eigenvalue weighted by molar-refractivity contribution is 6.31. The van der Waals surface area contributed by atoms with E-state index in [1.54, 1.807) is 0 Å². The lowest BCUT2D eigenvalue weighted by Gasteiger charge is -2.23. The van der Waals surface area contributed by atoms with Crippen molar-refractivity contribution in [2.75, 3.05) is 17.7 Å². The highest BCUT2D eigenvalue weighted by atomic mass is 35.5. The molecule has 0 aromatic heterocycles. The molecule has 0 saturated carbocycles. The van der Waals surface area contributed by atoms with Gasteiger partial charge in [0.15, 0.2) is 0 Å². The maximum atomic E-state index is 13.1. The van der Waals surface area contributed by atoms with Crippen LogP contribution in [0.5, 0.6) is 0 Å². The number of halogens is 2. The summed E-state index contributed by atoms with van der Waals surface area (Å²) in [4.78, 5) is 0. The number of aliphatic hydroxyl groups is 1. The van der Waals surface area contributed by atoms with Gasteiger partial charge in [-0.15, -0.1) is 0 Å². The van der Waals surface area contributed by atoms with Crippen LogP contribution < -0.4 is 11.1 Å². The molecule has 1 rings (SSSR count). The molecule has 0 fully saturated rings. The molecule has 0 heterocycles. The fourth-order valence-corrected chi connectivity index (χ4v) is 1.76. The summed E-state index contributed by atoms with van der Waals surface area (Å²) in [6.07, 6.45) is 0.603. The molecule has 1 aromatic carbocycles. The van der Waals surface area contributed by atoms with Crippen LogP contribution in [0.15, 0.2) is 12.1 Å². The zero-order valence-corrected chi connectivity index (χ0v) is 10.8. The minimum Gasteiger partial charge on any atom is -0.397 e. The fourth-order valence-electron chi connectivity index (χ4n) is 1.60. The third kappa shape index (κ3) is 3.75. The Hall–Kier alpha value is -1.00. The Morgan fingerprint density at radius 1 is 1.47 bits per heavy atom. The average molecular weight is 261 g/mol. The van der Waals surface area contributed by atoms with Gasteiger partial charge in [0.2, 0.25) is 0 Å². The van der Waals surface area contributed by atoms with Crippen molar-refractivity contribution in [3.8, 4) is 0 Å². The molecule has 1 unspecified atom stereocenters. The van der Waals surface area contributed by atoms with E-state index in [4.69, 9.17) is 22.4 Å². The molecule has 0 spiro atoms. The second-order valence-electron chi connectivity index (χ2n) is 4.36. The topological polar surface area (TPSA) is 58.3 Å². The number of hydrogen-bond acceptors (Lipinski definition) is 3. The van der Waals surface area contributed by atoms with Gasteiger partial charge in [0.25, 0.3) is 0 Å². The Morgan fingerprint density at radius 3 is 2.65 bits per heavy atom. The van der Waals surface area contributed by atoms with E-state index in [9.17, 15) is 4.39 Å². The molecule has 0 aliphatic heterocycles. The van der Waals surface area contributed by atoms with Gasteiger partial charge in [-0.25, -0.2) is 4.39 Å². The van der Waals surface area contributed by atoms with Crippen LogP contribution in [-0.2, 0) is 0 Å². The van der Waals surface area contributed by atoms with Gasteiger partial charge in [-0.2, -0.15) is 0 Å². The average Bonchev–Trinajstić information content (AvgIpc) is 2.24. The number of aliphatic hydroxyl groups excluding tert-OH is 1. The number of hydrogen-bond donors (Lipinski definition) is 3. The van der Waals surface area contributed by atoms with Gasteiger partial charge in [-0.05, 0) is 18.4 Å². The van der Waals surface area contributed by atoms with Crippen molar-refractivity contribution in [1.82, 2.24) is 0 Å². The fraction of sp³-hybridized carbons (Fsp3) is 0.500. The standard InChI is InChI=1S/C12H18ClFN2O/c1-7(2)11(3-4-17)16-12-5-8(13)9(14)6-10(12)15/h5-7,11,16-17H,3-4,15H2,1-2H3. The molecule has 4 N–H and O–H groups in total. The van der Waals surface area contributed by atoms with E-state index in [1.807, 2.05) is 13.8 Å². The summed E-state index contributed by atoms with van der Waals surface area (Å²) in [6.45, 7) is 4.16. The number of anilines is 2. The third-order valence-electron chi connectivity index (χ3n) is 2.68. The maximum absolute atomic E-state index is 13.1. The molecule has 0 saturated heterocycles. The van der Waals surface area contributed by atoms with Crippen LogP contribution in [0.4, 0.5) is 15.8 Å². The van der Waals surface area contributed by atoms with Crippen molar-refractivity contribution in [3.63, 3.8) is 0 Å². The van der Waals surface area contributed by atoms with Crippen molar-refractivity contribution in [3.05, 3.63) is 23.0 Å². The van der Waals surface area contributed by atoms with Crippen LogP contribution in [0, 0.1) is 11.7 Å². The first kappa shape index (κ1) is 14.1. The summed E-state index contributed by atoms with van der Waals surface area (Å²) in [6, 6.07) is 2.74. The van der Waals surface area contributed by atoms with Crippen molar-refractivity contribution < 1.29 is 9.50 Å². The summed E-state index contributed by atoms with van der Waals surface area (Å²) < 4.78 is 13.1. The van der Waals surface area contributed by atoms with Crippen LogP contribution in [0.2, 0.25) is 5.02 Å². The lowest BCUT2D eigenvalue weighted by atomic mass is 10.0. The summed E-state index contributed by atoms with van der Waals surface area (Å²) in [7, 11) is 0. The van der Waals surface area contributed by atoms with Crippen LogP contribution in [0.3, 0.4) is 0 Å². The van der Waals surface area contributed by atoms with Gasteiger partial charge in [0.05, 0.1) is 16.4 Å². The van der Waals surface area contributed by atoms with Crippen LogP contribution in [-0.4, -0.2) is 17.8 Å². The summed E-state index contributed by atoms with van der Waals surface area (Å²) in [5, 5.41) is 12.2. The molecule has 0 amide bonds. The van der Waals surface area contributed by atoms with Gasteiger partial charge >= 0.3 is 0 Å². The number of nitrogen functional groups attached to an aromatic ring is 1. The molecule has 5 heteroatoms. The summed E-state index contributed by atoms with van der Waals surface area (Å²) >= 11 is 5.71. The minimum absolute atomic E-state index is 0.0354. The highest BCUT2D eigenvalue weighted by Gasteiger charge is 2.15. The molecule has 0 radical (unpaired) electrons. The zero-order chi connectivity index (χ0) is 13.0. The Balaban J connectivity index is 2.89. The first-order chi connectivity index (χ1) is 7.95. The highest BCUT2D eigenvalue weighted by Crippen LogP contribution is 2.28. The monoisotopic (exact) mass is 260 g/mol. The zero-order valence-electron chi connectivity index (χ0n) is 10.0. The molecular weight excluding hydrogens is 243 g/mol. The van der Waals surface area contributed by atoms with E-state index >= 15 is 0 Å². The Morgan fingerprint density at radius 2 is 2.12 bits per heavy atom. The number of nitrogens with two attached hydrogens (primary N) is 1. The quantitative estimate of drug-likeness (QED) is 0.714. The predicted octanol–water partition coefficient (Wildman–Crippen LogP) is 2.88. The first-order valence-corrected chi connectivity index (χ1v) is 5.95. The van der Waals surface area contributed by atoms with Crippen LogP contribution >= 0.6 is 11.6 Å². The normalized spacial score (nSPS) is 12.8. The van der Waals surface area contributed by atoms with Crippen molar-refractivity contribution in [2.45, 2.75) is 26.3 Å². The third-order valence-corrected chi connectivity index (χ3v) is 2.97. The van der Waals surface area contributed by atoms with Crippen molar-refractivity contribution in [1.29, 1.82) is 0 Å². The molecule has 17 heavy (non-hydrogen) atoms. The molecule has 0 bridgehead atoms. The SMILES string of the molecule is CC(C)C(CCO)Nc1cc(Cl)c(F)cc1N. The summed E-state index contributed by atoms with van der Waals surface area (Å²) in [5.74, 6) is -0.205. The van der Waals surface area contributed by atoms with E-state index in [1.165, 1.54) is 12.1 Å². The predicted molar refractivity (Wildman–Crippen MR) is 69.8 cm³/mol. The van der Waals surface area contributed by atoms with E-state index < -0.39 is 5.82 Å². The van der Waals surface area contributed by atoms with Crippen LogP contribution in [0.25, 0.3) is 0 Å². The lowest BCUT2D eigenvalue weighted by Crippen LogP contribution is -2.27. The second kappa shape index (κ2) is 6.07. The van der Waals surface area contributed by atoms with Gasteiger partial charge in [0.1, 0.15) is 5.82 Å². The summed E-state index contributed by atoms with van der Waals surface area (Å²) in [5.41, 5.74) is 6.63. The number of nitrogens with one attached hydrogen (secondary N) is 1.